The fourth-order valence-electron chi connectivity index (χ4n) is 7.16. The molecular weight excluding hydrogens is 755 g/mol. The number of aliphatic hydroxyl groups is 2. The van der Waals surface area contributed by atoms with Gasteiger partial charge in [-0.05, 0) is 89.9 Å². The summed E-state index contributed by atoms with van der Waals surface area (Å²) in [6, 6.07) is -0.724. The average Bonchev–Trinajstić information content (AvgIpc) is 3.25. The second-order valence-electron chi connectivity index (χ2n) is 16.9. The molecule has 1 amide bonds. The third-order valence-corrected chi connectivity index (χ3v) is 11.0. The Morgan fingerprint density at radius 1 is 0.508 bits per heavy atom. The fourth-order valence-corrected chi connectivity index (χ4v) is 7.16. The largest absolute Gasteiger partial charge is 0.462 e. The first-order valence-corrected chi connectivity index (χ1v) is 25.3. The summed E-state index contributed by atoms with van der Waals surface area (Å²) in [6.45, 7) is 6.32. The number of hydrogen-bond acceptors (Lipinski definition) is 5. The van der Waals surface area contributed by atoms with Gasteiger partial charge in [0.1, 0.15) is 6.10 Å². The molecule has 61 heavy (non-hydrogen) atoms. The lowest BCUT2D eigenvalue weighted by molar-refractivity contribution is -0.151. The van der Waals surface area contributed by atoms with Crippen LogP contribution < -0.4 is 5.32 Å². The van der Waals surface area contributed by atoms with Crippen LogP contribution in [-0.2, 0) is 14.3 Å². The maximum absolute atomic E-state index is 13.2. The molecule has 6 heteroatoms. The van der Waals surface area contributed by atoms with Gasteiger partial charge in [-0.2, -0.15) is 0 Å². The molecule has 0 bridgehead atoms. The minimum atomic E-state index is -0.807. The zero-order valence-electron chi connectivity index (χ0n) is 39.8. The molecule has 0 rings (SSSR count). The van der Waals surface area contributed by atoms with Crippen molar-refractivity contribution in [1.29, 1.82) is 0 Å². The lowest BCUT2D eigenvalue weighted by Crippen LogP contribution is -2.46. The van der Waals surface area contributed by atoms with Gasteiger partial charge in [0.05, 0.1) is 25.2 Å². The molecule has 3 atom stereocenters. The molecule has 0 radical (unpaired) electrons. The highest BCUT2D eigenvalue weighted by atomic mass is 16.5. The Kier molecular flexibility index (Phi) is 45.7. The van der Waals surface area contributed by atoms with Crippen molar-refractivity contribution in [3.8, 4) is 0 Å². The second-order valence-corrected chi connectivity index (χ2v) is 16.9. The van der Waals surface area contributed by atoms with Crippen molar-refractivity contribution >= 4 is 11.9 Å². The van der Waals surface area contributed by atoms with E-state index in [0.29, 0.717) is 25.7 Å². The van der Waals surface area contributed by atoms with E-state index in [0.717, 1.165) is 89.9 Å². The number of esters is 1. The quantitative estimate of drug-likeness (QED) is 0.0246. The summed E-state index contributed by atoms with van der Waals surface area (Å²) in [5.41, 5.74) is 0. The molecule has 0 saturated carbocycles. The van der Waals surface area contributed by atoms with Crippen molar-refractivity contribution in [1.82, 2.24) is 5.32 Å². The number of nitrogens with one attached hydrogen (secondary N) is 1. The highest BCUT2D eigenvalue weighted by Crippen LogP contribution is 2.16. The predicted octanol–water partition coefficient (Wildman–Crippen LogP) is 15.2. The number of allylic oxidation sites excluding steroid dienone is 14. The number of hydrogen-bond donors (Lipinski definition) is 3. The normalized spacial score (nSPS) is 14.0. The van der Waals surface area contributed by atoms with Crippen LogP contribution in [-0.4, -0.2) is 46.9 Å². The molecule has 350 valence electrons. The van der Waals surface area contributed by atoms with Crippen LogP contribution in [0.3, 0.4) is 0 Å². The van der Waals surface area contributed by atoms with E-state index in [1.165, 1.54) is 83.5 Å². The smallest absolute Gasteiger partial charge is 0.306 e. The number of ether oxygens (including phenoxy) is 1. The van der Waals surface area contributed by atoms with Crippen molar-refractivity contribution < 1.29 is 24.5 Å². The summed E-state index contributed by atoms with van der Waals surface area (Å²) < 4.78 is 5.89. The van der Waals surface area contributed by atoms with Crippen LogP contribution in [0.4, 0.5) is 0 Å². The maximum atomic E-state index is 13.2. The van der Waals surface area contributed by atoms with Gasteiger partial charge in [0.15, 0.2) is 0 Å². The first-order valence-electron chi connectivity index (χ1n) is 25.3. The molecule has 6 nitrogen and oxygen atoms in total. The molecule has 0 aliphatic carbocycles. The van der Waals surface area contributed by atoms with Gasteiger partial charge >= 0.3 is 5.97 Å². The van der Waals surface area contributed by atoms with Crippen molar-refractivity contribution in [2.45, 2.75) is 244 Å². The first kappa shape index (κ1) is 58.0. The molecule has 0 heterocycles. The molecular formula is C55H95NO5. The molecule has 0 aromatic carbocycles. The molecule has 3 unspecified atom stereocenters. The lowest BCUT2D eigenvalue weighted by atomic mass is 10.0. The Bertz CT molecular complexity index is 1180. The summed E-state index contributed by atoms with van der Waals surface area (Å²) in [6.07, 6.45) is 62.2. The van der Waals surface area contributed by atoms with Crippen LogP contribution in [0.2, 0.25) is 0 Å². The zero-order valence-corrected chi connectivity index (χ0v) is 39.8. The predicted molar refractivity (Wildman–Crippen MR) is 264 cm³/mol. The van der Waals surface area contributed by atoms with E-state index in [-0.39, 0.29) is 24.9 Å². The second kappa shape index (κ2) is 48.1. The van der Waals surface area contributed by atoms with Crippen LogP contribution in [0.1, 0.15) is 226 Å². The molecule has 0 aliphatic rings. The number of carbonyl (C=O) groups excluding carboxylic acids is 2. The first-order chi connectivity index (χ1) is 30.0. The highest BCUT2D eigenvalue weighted by molar-refractivity contribution is 5.77. The van der Waals surface area contributed by atoms with Crippen LogP contribution in [0, 0.1) is 0 Å². The van der Waals surface area contributed by atoms with E-state index in [4.69, 9.17) is 4.74 Å². The highest BCUT2D eigenvalue weighted by Gasteiger charge is 2.24. The van der Waals surface area contributed by atoms with E-state index in [1.54, 1.807) is 0 Å². The molecule has 0 spiro atoms. The third-order valence-electron chi connectivity index (χ3n) is 11.0. The maximum Gasteiger partial charge on any atom is 0.306 e. The standard InChI is InChI=1S/C55H95NO5/c1-4-7-10-13-16-19-21-23-25-27-29-31-33-36-39-42-45-48-55(60)61-51(46-43-40-37-35-32-30-28-26-24-22-20-17-14-11-8-5-2)49-54(59)56-52(50-57)53(58)47-44-41-38-34-18-15-12-9-6-3/h7,10,16,19,23,25-26,28-32,36,39,51-53,57-58H,4-6,8-9,11-15,17-18,20-22,24,27,33-35,37-38,40-50H2,1-3H3,(H,56,59)/b10-7-,19-16-,25-23-,28-26+,31-29-,32-30+,39-36-. The topological polar surface area (TPSA) is 95.9 Å². The van der Waals surface area contributed by atoms with E-state index in [1.807, 2.05) is 0 Å². The molecule has 0 aromatic rings. The summed E-state index contributed by atoms with van der Waals surface area (Å²) >= 11 is 0. The number of carbonyl (C=O) groups is 2. The minimum Gasteiger partial charge on any atom is -0.462 e. The van der Waals surface area contributed by atoms with Gasteiger partial charge < -0.3 is 20.3 Å². The van der Waals surface area contributed by atoms with Crippen molar-refractivity contribution in [3.63, 3.8) is 0 Å². The Balaban J connectivity index is 4.75. The van der Waals surface area contributed by atoms with Crippen molar-refractivity contribution in [2.24, 2.45) is 0 Å². The van der Waals surface area contributed by atoms with Gasteiger partial charge in [-0.1, -0.05) is 209 Å². The monoisotopic (exact) mass is 850 g/mol. The Hall–Kier alpha value is -2.96. The van der Waals surface area contributed by atoms with Gasteiger partial charge in [-0.3, -0.25) is 9.59 Å². The Morgan fingerprint density at radius 2 is 0.934 bits per heavy atom. The summed E-state index contributed by atoms with van der Waals surface area (Å²) in [5.74, 6) is -0.576. The number of unbranched alkanes of at least 4 members (excludes halogenated alkanes) is 19. The van der Waals surface area contributed by atoms with E-state index in [2.05, 4.69) is 111 Å². The molecule has 3 N–H and O–H groups in total. The van der Waals surface area contributed by atoms with E-state index >= 15 is 0 Å². The lowest BCUT2D eigenvalue weighted by Gasteiger charge is -2.24. The summed E-state index contributed by atoms with van der Waals surface area (Å²) in [5, 5.41) is 23.6. The number of rotatable bonds is 44. The number of aliphatic hydroxyl groups excluding tert-OH is 2. The molecule has 0 aliphatic heterocycles. The van der Waals surface area contributed by atoms with Crippen molar-refractivity contribution in [2.75, 3.05) is 6.61 Å². The molecule has 0 fully saturated rings. The van der Waals surface area contributed by atoms with Crippen LogP contribution in [0.15, 0.2) is 85.1 Å². The van der Waals surface area contributed by atoms with Crippen LogP contribution >= 0.6 is 0 Å². The van der Waals surface area contributed by atoms with Gasteiger partial charge in [-0.15, -0.1) is 0 Å². The SMILES string of the molecule is CC/C=C\C/C=C\C/C=C\C/C=C\C/C=C\CCCC(=O)OC(CCCCC/C=C/C=C/CCCCCCCCC)CC(=O)NC(CO)C(O)CCCCCCCCCCC. The molecule has 0 saturated heterocycles. The Labute approximate surface area is 376 Å². The van der Waals surface area contributed by atoms with Gasteiger partial charge in [0, 0.05) is 6.42 Å². The van der Waals surface area contributed by atoms with Crippen LogP contribution in [0.5, 0.6) is 0 Å². The summed E-state index contributed by atoms with van der Waals surface area (Å²) in [4.78, 5) is 26.1. The van der Waals surface area contributed by atoms with E-state index in [9.17, 15) is 19.8 Å². The van der Waals surface area contributed by atoms with Gasteiger partial charge in [0.25, 0.3) is 0 Å². The average molecular weight is 850 g/mol. The van der Waals surface area contributed by atoms with E-state index < -0.39 is 18.2 Å². The zero-order chi connectivity index (χ0) is 44.5. The van der Waals surface area contributed by atoms with Crippen LogP contribution in [0.25, 0.3) is 0 Å². The fraction of sp³-hybridized carbons (Fsp3) is 0.709. The van der Waals surface area contributed by atoms with Gasteiger partial charge in [-0.25, -0.2) is 0 Å². The minimum absolute atomic E-state index is 0.0329. The van der Waals surface area contributed by atoms with Gasteiger partial charge in [0.2, 0.25) is 5.91 Å². The summed E-state index contributed by atoms with van der Waals surface area (Å²) in [7, 11) is 0. The van der Waals surface area contributed by atoms with Crippen molar-refractivity contribution in [3.05, 3.63) is 85.1 Å². The third kappa shape index (κ3) is 43.5. The molecule has 0 aromatic heterocycles. The Morgan fingerprint density at radius 3 is 1.44 bits per heavy atom. The number of amides is 1.